The summed E-state index contributed by atoms with van der Waals surface area (Å²) in [5, 5.41) is 19.2. The molecule has 1 unspecified atom stereocenters. The van der Waals surface area contributed by atoms with E-state index in [4.69, 9.17) is 9.73 Å². The van der Waals surface area contributed by atoms with Crippen molar-refractivity contribution < 1.29 is 9.84 Å². The van der Waals surface area contributed by atoms with Crippen LogP contribution in [0.4, 0.5) is 0 Å². The molecule has 1 fully saturated rings. The van der Waals surface area contributed by atoms with E-state index in [1.54, 1.807) is 11.3 Å². The van der Waals surface area contributed by atoms with Crippen LogP contribution >= 0.6 is 35.3 Å². The predicted molar refractivity (Wildman–Crippen MR) is 135 cm³/mol. The molecule has 1 saturated heterocycles. The fourth-order valence-corrected chi connectivity index (χ4v) is 4.07. The molecule has 166 valence electrons. The second-order valence-electron chi connectivity index (χ2n) is 7.51. The van der Waals surface area contributed by atoms with Crippen LogP contribution in [-0.4, -0.2) is 55.4 Å². The van der Waals surface area contributed by atoms with E-state index in [0.29, 0.717) is 19.0 Å². The topological polar surface area (TPSA) is 69.1 Å². The molecule has 1 aliphatic rings. The van der Waals surface area contributed by atoms with Gasteiger partial charge in [0.05, 0.1) is 26.3 Å². The summed E-state index contributed by atoms with van der Waals surface area (Å²) in [6, 6.07) is 12.5. The molecule has 0 spiro atoms. The molecule has 6 nitrogen and oxygen atoms in total. The Kier molecular flexibility index (Phi) is 10.5. The van der Waals surface area contributed by atoms with Gasteiger partial charge in [-0.3, -0.25) is 4.90 Å². The third kappa shape index (κ3) is 7.81. The van der Waals surface area contributed by atoms with Gasteiger partial charge in [0.15, 0.2) is 5.96 Å². The van der Waals surface area contributed by atoms with Crippen LogP contribution in [0.2, 0.25) is 0 Å². The van der Waals surface area contributed by atoms with E-state index in [0.717, 1.165) is 44.3 Å². The number of guanidine groups is 1. The van der Waals surface area contributed by atoms with Gasteiger partial charge < -0.3 is 20.5 Å². The van der Waals surface area contributed by atoms with Gasteiger partial charge in [-0.05, 0) is 36.4 Å². The Morgan fingerprint density at radius 1 is 1.20 bits per heavy atom. The maximum absolute atomic E-state index is 10.7. The average molecular weight is 545 g/mol. The van der Waals surface area contributed by atoms with Crippen molar-refractivity contribution in [2.24, 2.45) is 4.99 Å². The summed E-state index contributed by atoms with van der Waals surface area (Å²) in [7, 11) is 0. The summed E-state index contributed by atoms with van der Waals surface area (Å²) in [4.78, 5) is 8.07. The quantitative estimate of drug-likeness (QED) is 0.271. The minimum absolute atomic E-state index is 0. The summed E-state index contributed by atoms with van der Waals surface area (Å²) in [6.07, 6.45) is 0. The highest BCUT2D eigenvalue weighted by Gasteiger charge is 2.24. The maximum Gasteiger partial charge on any atom is 0.191 e. The van der Waals surface area contributed by atoms with Crippen LogP contribution < -0.4 is 10.6 Å². The van der Waals surface area contributed by atoms with Gasteiger partial charge >= 0.3 is 0 Å². The van der Waals surface area contributed by atoms with E-state index in [1.165, 1.54) is 11.1 Å². The largest absolute Gasteiger partial charge is 0.383 e. The molecule has 2 heterocycles. The second-order valence-corrected chi connectivity index (χ2v) is 8.46. The lowest BCUT2D eigenvalue weighted by atomic mass is 10.1. The summed E-state index contributed by atoms with van der Waals surface area (Å²) in [5.74, 6) is 0.711. The minimum atomic E-state index is -0.928. The van der Waals surface area contributed by atoms with Gasteiger partial charge in [0.1, 0.15) is 5.60 Å². The summed E-state index contributed by atoms with van der Waals surface area (Å²) in [5.41, 5.74) is 1.55. The molecule has 1 aromatic carbocycles. The molecule has 1 aromatic heterocycles. The Labute approximate surface area is 200 Å². The minimum Gasteiger partial charge on any atom is -0.383 e. The van der Waals surface area contributed by atoms with Gasteiger partial charge in [0, 0.05) is 31.1 Å². The van der Waals surface area contributed by atoms with Crippen molar-refractivity contribution in [1.82, 2.24) is 15.5 Å². The molecule has 1 atom stereocenters. The number of nitrogens with one attached hydrogen (secondary N) is 2. The van der Waals surface area contributed by atoms with E-state index in [2.05, 4.69) is 39.8 Å². The molecule has 0 bridgehead atoms. The molecule has 0 aliphatic carbocycles. The zero-order valence-electron chi connectivity index (χ0n) is 17.8. The smallest absolute Gasteiger partial charge is 0.191 e. The summed E-state index contributed by atoms with van der Waals surface area (Å²) in [6.45, 7) is 10.2. The van der Waals surface area contributed by atoms with Crippen molar-refractivity contribution >= 4 is 41.3 Å². The number of benzene rings is 1. The molecule has 30 heavy (non-hydrogen) atoms. The molecule has 3 N–H and O–H groups in total. The fourth-order valence-electron chi connectivity index (χ4n) is 3.28. The third-order valence-corrected chi connectivity index (χ3v) is 6.04. The van der Waals surface area contributed by atoms with Crippen LogP contribution in [0.5, 0.6) is 0 Å². The Bertz CT molecular complexity index is 777. The number of rotatable bonds is 8. The van der Waals surface area contributed by atoms with Gasteiger partial charge in [0.2, 0.25) is 0 Å². The number of thiophene rings is 1. The van der Waals surface area contributed by atoms with Crippen molar-refractivity contribution in [3.05, 3.63) is 57.8 Å². The van der Waals surface area contributed by atoms with E-state index in [1.807, 2.05) is 31.4 Å². The first-order valence-electron chi connectivity index (χ1n) is 10.2. The number of ether oxygens (including phenoxy) is 1. The number of nitrogens with zero attached hydrogens (tertiary/aromatic N) is 2. The van der Waals surface area contributed by atoms with Crippen molar-refractivity contribution in [1.29, 1.82) is 0 Å². The first kappa shape index (κ1) is 25.1. The summed E-state index contributed by atoms with van der Waals surface area (Å²) < 4.78 is 5.43. The lowest BCUT2D eigenvalue weighted by Gasteiger charge is -2.26. The zero-order chi connectivity index (χ0) is 20.5. The highest BCUT2D eigenvalue weighted by molar-refractivity contribution is 14.0. The van der Waals surface area contributed by atoms with Crippen LogP contribution in [0.1, 0.15) is 29.9 Å². The Balaban J connectivity index is 0.00000320. The van der Waals surface area contributed by atoms with E-state index >= 15 is 0 Å². The molecular weight excluding hydrogens is 511 g/mol. The van der Waals surface area contributed by atoms with Crippen molar-refractivity contribution in [3.63, 3.8) is 0 Å². The molecule has 8 heteroatoms. The van der Waals surface area contributed by atoms with Crippen molar-refractivity contribution in [3.8, 4) is 0 Å². The Morgan fingerprint density at radius 2 is 1.97 bits per heavy atom. The monoisotopic (exact) mass is 544 g/mol. The normalized spacial score (nSPS) is 17.1. The summed E-state index contributed by atoms with van der Waals surface area (Å²) >= 11 is 1.56. The van der Waals surface area contributed by atoms with Gasteiger partial charge in [-0.15, -0.1) is 35.3 Å². The number of hydrogen-bond donors (Lipinski definition) is 3. The number of aliphatic imine (C=N–C) groups is 1. The van der Waals surface area contributed by atoms with Crippen LogP contribution in [0.15, 0.2) is 46.8 Å². The standard InChI is InChI=1S/C22H32N4O2S.HI/c1-3-23-21(25-17-22(2,27)20-8-5-13-29-20)24-15-18-6-4-7-19(14-18)16-26-9-11-28-12-10-26;/h4-8,13-14,27H,3,9-12,15-17H2,1-2H3,(H2,23,24,25);1H. The molecule has 3 rings (SSSR count). The van der Waals surface area contributed by atoms with Crippen LogP contribution in [0.25, 0.3) is 0 Å². The molecule has 0 saturated carbocycles. The molecule has 2 aromatic rings. The van der Waals surface area contributed by atoms with Crippen molar-refractivity contribution in [2.75, 3.05) is 39.4 Å². The van der Waals surface area contributed by atoms with Crippen molar-refractivity contribution in [2.45, 2.75) is 32.5 Å². The highest BCUT2D eigenvalue weighted by atomic mass is 127. The van der Waals surface area contributed by atoms with Crippen LogP contribution in [0, 0.1) is 0 Å². The molecule has 0 radical (unpaired) electrons. The van der Waals surface area contributed by atoms with Gasteiger partial charge in [0.25, 0.3) is 0 Å². The lowest BCUT2D eigenvalue weighted by Crippen LogP contribution is -2.44. The highest BCUT2D eigenvalue weighted by Crippen LogP contribution is 2.24. The zero-order valence-corrected chi connectivity index (χ0v) is 20.9. The van der Waals surface area contributed by atoms with Gasteiger partial charge in [-0.2, -0.15) is 0 Å². The maximum atomic E-state index is 10.7. The van der Waals surface area contributed by atoms with Gasteiger partial charge in [-0.1, -0.05) is 30.3 Å². The first-order chi connectivity index (χ1) is 14.1. The second kappa shape index (κ2) is 12.6. The Morgan fingerprint density at radius 3 is 2.67 bits per heavy atom. The number of hydrogen-bond acceptors (Lipinski definition) is 5. The molecular formula is C22H33IN4O2S. The van der Waals surface area contributed by atoms with E-state index < -0.39 is 5.60 Å². The average Bonchev–Trinajstić information content (AvgIpc) is 3.27. The molecule has 1 aliphatic heterocycles. The first-order valence-corrected chi connectivity index (χ1v) is 11.1. The van der Waals surface area contributed by atoms with Crippen LogP contribution in [-0.2, 0) is 23.4 Å². The van der Waals surface area contributed by atoms with E-state index in [-0.39, 0.29) is 24.0 Å². The predicted octanol–water partition coefficient (Wildman–Crippen LogP) is 3.16. The molecule has 0 amide bonds. The lowest BCUT2D eigenvalue weighted by molar-refractivity contribution is 0.0342. The SMILES string of the molecule is CCNC(=NCc1cccc(CN2CCOCC2)c1)NCC(C)(O)c1cccs1.I. The van der Waals surface area contributed by atoms with Crippen LogP contribution in [0.3, 0.4) is 0 Å². The Hall–Kier alpha value is -1.20. The van der Waals surface area contributed by atoms with E-state index in [9.17, 15) is 5.11 Å². The van der Waals surface area contributed by atoms with Gasteiger partial charge in [-0.25, -0.2) is 4.99 Å². The number of aliphatic hydroxyl groups is 1. The number of morpholine rings is 1. The fraction of sp³-hybridized carbons (Fsp3) is 0.500. The third-order valence-electron chi connectivity index (χ3n) is 4.92. The number of halogens is 1.